The van der Waals surface area contributed by atoms with E-state index >= 15 is 0 Å². The van der Waals surface area contributed by atoms with E-state index in [-0.39, 0.29) is 5.91 Å². The lowest BCUT2D eigenvalue weighted by Gasteiger charge is -2.22. The predicted octanol–water partition coefficient (Wildman–Crippen LogP) is 3.86. The van der Waals surface area contributed by atoms with Crippen molar-refractivity contribution < 1.29 is 14.4 Å². The average molecular weight is 428 g/mol. The standard InChI is InChI=1S/C21H21N3O3S2/c1-21(19(26)23-20(27)24-21)15-4-2-5-16(12-15)22-17(25)13-6-8-14(9-7-13)18-28-10-3-11-29-18/h2,4-9,12,18H,3,10-11H2,1H3,(H,22,25)(H2,23,24,26,27)/t21-/m1/s1. The first kappa shape index (κ1) is 19.8. The smallest absolute Gasteiger partial charge is 0.322 e. The van der Waals surface area contributed by atoms with E-state index in [9.17, 15) is 14.4 Å². The van der Waals surface area contributed by atoms with Gasteiger partial charge in [0.25, 0.3) is 11.8 Å². The molecule has 3 N–H and O–H groups in total. The van der Waals surface area contributed by atoms with E-state index < -0.39 is 17.5 Å². The minimum Gasteiger partial charge on any atom is -0.322 e. The fourth-order valence-electron chi connectivity index (χ4n) is 3.33. The number of hydrogen-bond donors (Lipinski definition) is 3. The molecule has 2 aliphatic rings. The molecule has 8 heteroatoms. The summed E-state index contributed by atoms with van der Waals surface area (Å²) in [4.78, 5) is 36.3. The molecule has 2 heterocycles. The molecule has 2 aromatic rings. The molecular formula is C21H21N3O3S2. The van der Waals surface area contributed by atoms with Gasteiger partial charge < -0.3 is 10.6 Å². The highest BCUT2D eigenvalue weighted by Crippen LogP contribution is 2.43. The van der Waals surface area contributed by atoms with Gasteiger partial charge in [0.1, 0.15) is 5.54 Å². The van der Waals surface area contributed by atoms with Crippen LogP contribution in [0.25, 0.3) is 0 Å². The zero-order chi connectivity index (χ0) is 20.4. The number of carbonyl (C=O) groups excluding carboxylic acids is 3. The molecule has 150 valence electrons. The van der Waals surface area contributed by atoms with Gasteiger partial charge in [-0.1, -0.05) is 24.3 Å². The Kier molecular flexibility index (Phi) is 5.56. The third kappa shape index (κ3) is 4.13. The number of imide groups is 1. The van der Waals surface area contributed by atoms with Crippen LogP contribution in [0.2, 0.25) is 0 Å². The molecule has 29 heavy (non-hydrogen) atoms. The molecule has 2 aliphatic heterocycles. The fraction of sp³-hybridized carbons (Fsp3) is 0.286. The molecular weight excluding hydrogens is 406 g/mol. The second kappa shape index (κ2) is 8.12. The number of urea groups is 1. The number of benzene rings is 2. The first-order valence-electron chi connectivity index (χ1n) is 9.34. The molecule has 1 atom stereocenters. The van der Waals surface area contributed by atoms with Crippen LogP contribution in [-0.2, 0) is 10.3 Å². The summed E-state index contributed by atoms with van der Waals surface area (Å²) in [7, 11) is 0. The maximum atomic E-state index is 12.7. The lowest BCUT2D eigenvalue weighted by atomic mass is 9.92. The minimum atomic E-state index is -1.16. The largest absolute Gasteiger partial charge is 0.322 e. The van der Waals surface area contributed by atoms with Gasteiger partial charge in [0.2, 0.25) is 0 Å². The Morgan fingerprint density at radius 1 is 1.10 bits per heavy atom. The second-order valence-corrected chi connectivity index (χ2v) is 9.84. The van der Waals surface area contributed by atoms with Gasteiger partial charge in [-0.05, 0) is 60.2 Å². The predicted molar refractivity (Wildman–Crippen MR) is 117 cm³/mol. The normalized spacial score (nSPS) is 22.1. The molecule has 4 rings (SSSR count). The first-order valence-corrected chi connectivity index (χ1v) is 11.4. The van der Waals surface area contributed by atoms with Crippen LogP contribution in [-0.4, -0.2) is 29.4 Å². The number of hydrogen-bond acceptors (Lipinski definition) is 5. The zero-order valence-electron chi connectivity index (χ0n) is 15.9. The topological polar surface area (TPSA) is 87.3 Å². The van der Waals surface area contributed by atoms with Crippen molar-refractivity contribution in [2.45, 2.75) is 23.5 Å². The summed E-state index contributed by atoms with van der Waals surface area (Å²) in [5.41, 5.74) is 1.80. The van der Waals surface area contributed by atoms with Crippen LogP contribution in [0.3, 0.4) is 0 Å². The first-order chi connectivity index (χ1) is 14.0. The number of thioether (sulfide) groups is 2. The van der Waals surface area contributed by atoms with Crippen LogP contribution in [0.15, 0.2) is 48.5 Å². The highest BCUT2D eigenvalue weighted by atomic mass is 32.2. The van der Waals surface area contributed by atoms with Gasteiger partial charge in [-0.2, -0.15) is 0 Å². The molecule has 0 radical (unpaired) electrons. The van der Waals surface area contributed by atoms with Crippen molar-refractivity contribution in [3.05, 3.63) is 65.2 Å². The van der Waals surface area contributed by atoms with Crippen molar-refractivity contribution in [2.24, 2.45) is 0 Å². The fourth-order valence-corrected chi connectivity index (χ4v) is 6.22. The van der Waals surface area contributed by atoms with Crippen molar-refractivity contribution in [2.75, 3.05) is 16.8 Å². The molecule has 0 spiro atoms. The molecule has 0 bridgehead atoms. The van der Waals surface area contributed by atoms with Crippen LogP contribution >= 0.6 is 23.5 Å². The van der Waals surface area contributed by atoms with Crippen LogP contribution < -0.4 is 16.0 Å². The van der Waals surface area contributed by atoms with E-state index in [1.807, 2.05) is 47.8 Å². The number of carbonyl (C=O) groups is 3. The molecule has 6 nitrogen and oxygen atoms in total. The lowest BCUT2D eigenvalue weighted by molar-refractivity contribution is -0.123. The van der Waals surface area contributed by atoms with Crippen LogP contribution in [0.4, 0.5) is 10.5 Å². The summed E-state index contributed by atoms with van der Waals surface area (Å²) >= 11 is 3.89. The highest BCUT2D eigenvalue weighted by molar-refractivity contribution is 8.16. The Morgan fingerprint density at radius 3 is 2.48 bits per heavy atom. The Morgan fingerprint density at radius 2 is 1.83 bits per heavy atom. The summed E-state index contributed by atoms with van der Waals surface area (Å²) in [6, 6.07) is 14.1. The number of amides is 4. The summed E-state index contributed by atoms with van der Waals surface area (Å²) in [6.07, 6.45) is 1.25. The molecule has 2 saturated heterocycles. The number of anilines is 1. The quantitative estimate of drug-likeness (QED) is 0.645. The number of nitrogens with one attached hydrogen (secondary N) is 3. The summed E-state index contributed by atoms with van der Waals surface area (Å²) in [5.74, 6) is 1.71. The van der Waals surface area contributed by atoms with E-state index in [1.165, 1.54) is 23.5 Å². The van der Waals surface area contributed by atoms with Gasteiger partial charge in [0.15, 0.2) is 0 Å². The molecule has 0 unspecified atom stereocenters. The van der Waals surface area contributed by atoms with Crippen LogP contribution in [0, 0.1) is 0 Å². The van der Waals surface area contributed by atoms with Crippen molar-refractivity contribution in [3.8, 4) is 0 Å². The summed E-state index contributed by atoms with van der Waals surface area (Å²) in [6.45, 7) is 1.63. The Labute approximate surface area is 177 Å². The van der Waals surface area contributed by atoms with Crippen molar-refractivity contribution in [1.82, 2.24) is 10.6 Å². The van der Waals surface area contributed by atoms with Gasteiger partial charge in [-0.15, -0.1) is 23.5 Å². The summed E-state index contributed by atoms with van der Waals surface area (Å²) in [5, 5.41) is 7.74. The minimum absolute atomic E-state index is 0.220. The van der Waals surface area contributed by atoms with E-state index in [1.54, 1.807) is 31.2 Å². The second-order valence-electron chi connectivity index (χ2n) is 7.12. The van der Waals surface area contributed by atoms with E-state index in [2.05, 4.69) is 16.0 Å². The van der Waals surface area contributed by atoms with Crippen LogP contribution in [0.1, 0.15) is 39.4 Å². The Hall–Kier alpha value is -2.45. The van der Waals surface area contributed by atoms with Crippen molar-refractivity contribution in [3.63, 3.8) is 0 Å². The number of rotatable bonds is 4. The van der Waals surface area contributed by atoms with E-state index in [0.717, 1.165) is 0 Å². The van der Waals surface area contributed by atoms with E-state index in [4.69, 9.17) is 0 Å². The highest BCUT2D eigenvalue weighted by Gasteiger charge is 2.43. The summed E-state index contributed by atoms with van der Waals surface area (Å²) < 4.78 is 0.436. The van der Waals surface area contributed by atoms with Gasteiger partial charge in [0, 0.05) is 11.3 Å². The Balaban J connectivity index is 1.47. The van der Waals surface area contributed by atoms with Crippen molar-refractivity contribution >= 4 is 47.1 Å². The van der Waals surface area contributed by atoms with Gasteiger partial charge >= 0.3 is 6.03 Å². The molecule has 2 aromatic carbocycles. The average Bonchev–Trinajstić information content (AvgIpc) is 3.01. The maximum Gasteiger partial charge on any atom is 0.322 e. The Bertz CT molecular complexity index is 958. The molecule has 2 fully saturated rings. The lowest BCUT2D eigenvalue weighted by Crippen LogP contribution is -2.40. The monoisotopic (exact) mass is 427 g/mol. The maximum absolute atomic E-state index is 12.7. The van der Waals surface area contributed by atoms with Gasteiger partial charge in [-0.3, -0.25) is 14.9 Å². The SMILES string of the molecule is C[C@]1(c2cccc(NC(=O)c3ccc(C4SCCCS4)cc3)c2)NC(=O)NC1=O. The third-order valence-electron chi connectivity index (χ3n) is 5.01. The molecule has 0 saturated carbocycles. The van der Waals surface area contributed by atoms with Gasteiger partial charge in [0.05, 0.1) is 4.58 Å². The molecule has 0 aliphatic carbocycles. The molecule has 0 aromatic heterocycles. The zero-order valence-corrected chi connectivity index (χ0v) is 17.5. The van der Waals surface area contributed by atoms with E-state index in [0.29, 0.717) is 21.4 Å². The van der Waals surface area contributed by atoms with Crippen LogP contribution in [0.5, 0.6) is 0 Å². The molecule has 4 amide bonds. The van der Waals surface area contributed by atoms with Gasteiger partial charge in [-0.25, -0.2) is 4.79 Å². The van der Waals surface area contributed by atoms with Crippen molar-refractivity contribution in [1.29, 1.82) is 0 Å². The third-order valence-corrected chi connectivity index (χ3v) is 8.03.